The fourth-order valence-electron chi connectivity index (χ4n) is 2.74. The summed E-state index contributed by atoms with van der Waals surface area (Å²) >= 11 is 0. The molecule has 0 unspecified atom stereocenters. The number of hydrogen-bond acceptors (Lipinski definition) is 2. The first-order chi connectivity index (χ1) is 10.6. The number of likely N-dealkylation sites (tertiary alicyclic amines) is 1. The van der Waals surface area contributed by atoms with Crippen molar-refractivity contribution in [2.75, 3.05) is 18.4 Å². The molecule has 1 fully saturated rings. The van der Waals surface area contributed by atoms with Gasteiger partial charge in [0.1, 0.15) is 5.82 Å². The molecule has 2 amide bonds. The van der Waals surface area contributed by atoms with E-state index in [9.17, 15) is 4.79 Å². The Balaban J connectivity index is 1.86. The normalized spacial score (nSPS) is 14.6. The van der Waals surface area contributed by atoms with E-state index in [1.165, 1.54) is 0 Å². The smallest absolute Gasteiger partial charge is 0.322 e. The summed E-state index contributed by atoms with van der Waals surface area (Å²) in [6.45, 7) is 5.81. The highest BCUT2D eigenvalue weighted by molar-refractivity contribution is 5.89. The standard InChI is InChI=1S/C17H22N4O/c1-13(2)21-16(18-17(22)20-10-6-7-11-20)12-15(19-21)14-8-4-3-5-9-14/h3-5,8-9,12-13H,6-7,10-11H2,1-2H3,(H,18,22). The minimum Gasteiger partial charge on any atom is -0.324 e. The fraction of sp³-hybridized carbons (Fsp3) is 0.412. The summed E-state index contributed by atoms with van der Waals surface area (Å²) < 4.78 is 1.87. The van der Waals surface area contributed by atoms with Gasteiger partial charge in [0.15, 0.2) is 0 Å². The largest absolute Gasteiger partial charge is 0.324 e. The van der Waals surface area contributed by atoms with Gasteiger partial charge in [-0.3, -0.25) is 5.32 Å². The molecule has 1 aromatic carbocycles. The van der Waals surface area contributed by atoms with E-state index < -0.39 is 0 Å². The summed E-state index contributed by atoms with van der Waals surface area (Å²) in [5.41, 5.74) is 1.93. The molecule has 2 heterocycles. The van der Waals surface area contributed by atoms with Crippen molar-refractivity contribution in [2.45, 2.75) is 32.7 Å². The van der Waals surface area contributed by atoms with Crippen LogP contribution in [0.4, 0.5) is 10.6 Å². The summed E-state index contributed by atoms with van der Waals surface area (Å²) in [4.78, 5) is 14.2. The lowest BCUT2D eigenvalue weighted by Crippen LogP contribution is -2.33. The number of amides is 2. The quantitative estimate of drug-likeness (QED) is 0.938. The van der Waals surface area contributed by atoms with Gasteiger partial charge in [0, 0.05) is 30.8 Å². The Morgan fingerprint density at radius 1 is 1.18 bits per heavy atom. The van der Waals surface area contributed by atoms with E-state index in [0.29, 0.717) is 0 Å². The highest BCUT2D eigenvalue weighted by Crippen LogP contribution is 2.25. The van der Waals surface area contributed by atoms with Gasteiger partial charge in [0.05, 0.1) is 5.69 Å². The van der Waals surface area contributed by atoms with Crippen molar-refractivity contribution >= 4 is 11.8 Å². The van der Waals surface area contributed by atoms with Crippen LogP contribution in [-0.2, 0) is 0 Å². The monoisotopic (exact) mass is 298 g/mol. The summed E-state index contributed by atoms with van der Waals surface area (Å²) in [6, 6.07) is 12.1. The van der Waals surface area contributed by atoms with Gasteiger partial charge >= 0.3 is 6.03 Å². The van der Waals surface area contributed by atoms with Crippen LogP contribution in [0.25, 0.3) is 11.3 Å². The minimum atomic E-state index is -0.0288. The molecule has 1 aliphatic heterocycles. The Hall–Kier alpha value is -2.30. The van der Waals surface area contributed by atoms with Crippen LogP contribution >= 0.6 is 0 Å². The summed E-state index contributed by atoms with van der Waals surface area (Å²) in [6.07, 6.45) is 2.18. The van der Waals surface area contributed by atoms with Crippen molar-refractivity contribution in [1.82, 2.24) is 14.7 Å². The lowest BCUT2D eigenvalue weighted by atomic mass is 10.2. The first-order valence-corrected chi connectivity index (χ1v) is 7.86. The molecular formula is C17H22N4O. The van der Waals surface area contributed by atoms with Crippen LogP contribution in [-0.4, -0.2) is 33.8 Å². The Morgan fingerprint density at radius 3 is 2.50 bits per heavy atom. The molecule has 0 radical (unpaired) electrons. The first kappa shape index (κ1) is 14.6. The van der Waals surface area contributed by atoms with E-state index in [1.807, 2.05) is 46.0 Å². The van der Waals surface area contributed by atoms with E-state index in [0.717, 1.165) is 43.0 Å². The lowest BCUT2D eigenvalue weighted by Gasteiger charge is -2.17. The number of urea groups is 1. The second-order valence-electron chi connectivity index (χ2n) is 5.94. The number of rotatable bonds is 3. The average molecular weight is 298 g/mol. The highest BCUT2D eigenvalue weighted by Gasteiger charge is 2.20. The van der Waals surface area contributed by atoms with E-state index in [2.05, 4.69) is 24.3 Å². The highest BCUT2D eigenvalue weighted by atomic mass is 16.2. The molecule has 1 aromatic heterocycles. The number of nitrogens with zero attached hydrogens (tertiary/aromatic N) is 3. The lowest BCUT2D eigenvalue weighted by molar-refractivity contribution is 0.222. The van der Waals surface area contributed by atoms with Gasteiger partial charge in [-0.15, -0.1) is 0 Å². The minimum absolute atomic E-state index is 0.0288. The summed E-state index contributed by atoms with van der Waals surface area (Å²) in [5.74, 6) is 0.755. The van der Waals surface area contributed by atoms with Gasteiger partial charge in [-0.1, -0.05) is 30.3 Å². The molecule has 0 atom stereocenters. The van der Waals surface area contributed by atoms with E-state index in [1.54, 1.807) is 0 Å². The zero-order valence-corrected chi connectivity index (χ0v) is 13.1. The molecule has 22 heavy (non-hydrogen) atoms. The van der Waals surface area contributed by atoms with Gasteiger partial charge in [-0.25, -0.2) is 9.48 Å². The molecule has 0 aliphatic carbocycles. The van der Waals surface area contributed by atoms with Gasteiger partial charge in [0.2, 0.25) is 0 Å². The van der Waals surface area contributed by atoms with Gasteiger partial charge in [-0.2, -0.15) is 5.10 Å². The number of anilines is 1. The molecule has 0 spiro atoms. The number of carbonyl (C=O) groups excluding carboxylic acids is 1. The Kier molecular flexibility index (Phi) is 4.13. The van der Waals surface area contributed by atoms with Crippen LogP contribution in [0, 0.1) is 0 Å². The molecule has 116 valence electrons. The average Bonchev–Trinajstić information content (AvgIpc) is 3.17. The van der Waals surface area contributed by atoms with Crippen LogP contribution in [0.3, 0.4) is 0 Å². The molecule has 2 aromatic rings. The molecule has 0 bridgehead atoms. The van der Waals surface area contributed by atoms with Crippen LogP contribution < -0.4 is 5.32 Å². The molecule has 3 rings (SSSR count). The fourth-order valence-corrected chi connectivity index (χ4v) is 2.74. The number of carbonyl (C=O) groups is 1. The SMILES string of the molecule is CC(C)n1nc(-c2ccccc2)cc1NC(=O)N1CCCC1. The van der Waals surface area contributed by atoms with Crippen molar-refractivity contribution in [3.8, 4) is 11.3 Å². The van der Waals surface area contributed by atoms with Crippen LogP contribution in [0.5, 0.6) is 0 Å². The molecule has 5 heteroatoms. The zero-order chi connectivity index (χ0) is 15.5. The van der Waals surface area contributed by atoms with Crippen molar-refractivity contribution in [3.05, 3.63) is 36.4 Å². The predicted octanol–water partition coefficient (Wildman–Crippen LogP) is 3.76. The summed E-state index contributed by atoms with van der Waals surface area (Å²) in [5, 5.41) is 7.65. The van der Waals surface area contributed by atoms with Crippen molar-refractivity contribution < 1.29 is 4.79 Å². The van der Waals surface area contributed by atoms with Gasteiger partial charge in [0.25, 0.3) is 0 Å². The molecule has 0 saturated carbocycles. The Bertz CT molecular complexity index is 642. The Morgan fingerprint density at radius 2 is 1.86 bits per heavy atom. The van der Waals surface area contributed by atoms with E-state index >= 15 is 0 Å². The van der Waals surface area contributed by atoms with E-state index in [4.69, 9.17) is 0 Å². The number of benzene rings is 1. The van der Waals surface area contributed by atoms with Crippen molar-refractivity contribution in [1.29, 1.82) is 0 Å². The maximum absolute atomic E-state index is 12.3. The first-order valence-electron chi connectivity index (χ1n) is 7.86. The third kappa shape index (κ3) is 2.98. The molecule has 5 nitrogen and oxygen atoms in total. The predicted molar refractivity (Wildman–Crippen MR) is 87.9 cm³/mol. The van der Waals surface area contributed by atoms with Crippen molar-refractivity contribution in [2.24, 2.45) is 0 Å². The van der Waals surface area contributed by atoms with Crippen molar-refractivity contribution in [3.63, 3.8) is 0 Å². The molecule has 1 N–H and O–H groups in total. The number of aromatic nitrogens is 2. The van der Waals surface area contributed by atoms with Crippen LogP contribution in [0.2, 0.25) is 0 Å². The second kappa shape index (κ2) is 6.22. The van der Waals surface area contributed by atoms with Gasteiger partial charge in [-0.05, 0) is 26.7 Å². The summed E-state index contributed by atoms with van der Waals surface area (Å²) in [7, 11) is 0. The number of nitrogens with one attached hydrogen (secondary N) is 1. The van der Waals surface area contributed by atoms with Gasteiger partial charge < -0.3 is 4.90 Å². The maximum Gasteiger partial charge on any atom is 0.322 e. The third-order valence-electron chi connectivity index (χ3n) is 3.92. The zero-order valence-electron chi connectivity index (χ0n) is 13.1. The van der Waals surface area contributed by atoms with E-state index in [-0.39, 0.29) is 12.1 Å². The maximum atomic E-state index is 12.3. The van der Waals surface area contributed by atoms with Crippen LogP contribution in [0.1, 0.15) is 32.7 Å². The number of hydrogen-bond donors (Lipinski definition) is 1. The molecule has 1 saturated heterocycles. The topological polar surface area (TPSA) is 50.2 Å². The third-order valence-corrected chi connectivity index (χ3v) is 3.92. The molecular weight excluding hydrogens is 276 g/mol. The van der Waals surface area contributed by atoms with Crippen LogP contribution in [0.15, 0.2) is 36.4 Å². The Labute approximate surface area is 130 Å². The second-order valence-corrected chi connectivity index (χ2v) is 5.94. The molecule has 1 aliphatic rings.